The Balaban J connectivity index is 1.82. The monoisotopic (exact) mass is 387 g/mol. The molecular weight excluding hydrogens is 354 g/mol. The maximum Gasteiger partial charge on any atom is 0.359 e. The second kappa shape index (κ2) is 8.90. The van der Waals surface area contributed by atoms with Crippen molar-refractivity contribution in [1.29, 1.82) is 0 Å². The van der Waals surface area contributed by atoms with E-state index in [4.69, 9.17) is 9.72 Å². The van der Waals surface area contributed by atoms with Gasteiger partial charge in [0, 0.05) is 56.0 Å². The van der Waals surface area contributed by atoms with Crippen molar-refractivity contribution in [3.8, 4) is 0 Å². The largest absolute Gasteiger partial charge is 0.461 e. The Morgan fingerprint density at radius 2 is 2.11 bits per heavy atom. The second-order valence-corrected chi connectivity index (χ2v) is 7.97. The standard InChI is InChI=1S/C21H33N5O2/c1-6-19-22-15(5)17(23-19)13-25-10-9-18-16(12-25)20(21(27)28-7-2)24-26(18)11-8-14(3)4/h14H,6-13H2,1-5H3,(H,22,23). The molecule has 1 aliphatic heterocycles. The van der Waals surface area contributed by atoms with Gasteiger partial charge in [0.1, 0.15) is 5.82 Å². The predicted molar refractivity (Wildman–Crippen MR) is 108 cm³/mol. The van der Waals surface area contributed by atoms with E-state index >= 15 is 0 Å². The van der Waals surface area contributed by atoms with Crippen LogP contribution in [0.3, 0.4) is 0 Å². The summed E-state index contributed by atoms with van der Waals surface area (Å²) in [4.78, 5) is 22.9. The molecular formula is C21H33N5O2. The molecule has 3 heterocycles. The smallest absolute Gasteiger partial charge is 0.359 e. The Bertz CT molecular complexity index is 821. The fourth-order valence-electron chi connectivity index (χ4n) is 3.71. The number of hydrogen-bond acceptors (Lipinski definition) is 5. The summed E-state index contributed by atoms with van der Waals surface area (Å²) < 4.78 is 7.31. The van der Waals surface area contributed by atoms with Crippen molar-refractivity contribution in [2.24, 2.45) is 5.92 Å². The molecule has 0 saturated heterocycles. The van der Waals surface area contributed by atoms with E-state index in [-0.39, 0.29) is 5.97 Å². The van der Waals surface area contributed by atoms with Crippen molar-refractivity contribution >= 4 is 5.97 Å². The minimum absolute atomic E-state index is 0.312. The number of aromatic amines is 1. The van der Waals surface area contributed by atoms with Crippen LogP contribution >= 0.6 is 0 Å². The number of H-pyrrole nitrogens is 1. The number of carbonyl (C=O) groups is 1. The quantitative estimate of drug-likeness (QED) is 0.704. The summed E-state index contributed by atoms with van der Waals surface area (Å²) >= 11 is 0. The summed E-state index contributed by atoms with van der Waals surface area (Å²) in [6.07, 6.45) is 2.84. The van der Waals surface area contributed by atoms with Gasteiger partial charge in [0.15, 0.2) is 5.69 Å². The molecule has 7 heteroatoms. The third kappa shape index (κ3) is 4.46. The maximum atomic E-state index is 12.5. The molecule has 0 aliphatic carbocycles. The lowest BCUT2D eigenvalue weighted by Crippen LogP contribution is -2.31. The third-order valence-corrected chi connectivity index (χ3v) is 5.34. The van der Waals surface area contributed by atoms with E-state index in [2.05, 4.69) is 42.7 Å². The Morgan fingerprint density at radius 1 is 1.32 bits per heavy atom. The molecule has 0 aromatic carbocycles. The van der Waals surface area contributed by atoms with Crippen LogP contribution in [0, 0.1) is 12.8 Å². The number of esters is 1. The summed E-state index contributed by atoms with van der Waals surface area (Å²) in [7, 11) is 0. The summed E-state index contributed by atoms with van der Waals surface area (Å²) in [6, 6.07) is 0. The van der Waals surface area contributed by atoms with Crippen LogP contribution in [0.25, 0.3) is 0 Å². The van der Waals surface area contributed by atoms with Gasteiger partial charge in [-0.15, -0.1) is 0 Å². The van der Waals surface area contributed by atoms with Gasteiger partial charge in [0.05, 0.1) is 12.3 Å². The zero-order valence-corrected chi connectivity index (χ0v) is 17.8. The lowest BCUT2D eigenvalue weighted by atomic mass is 10.0. The van der Waals surface area contributed by atoms with Crippen LogP contribution in [0.5, 0.6) is 0 Å². The third-order valence-electron chi connectivity index (χ3n) is 5.34. The number of carbonyl (C=O) groups excluding carboxylic acids is 1. The number of aromatic nitrogens is 4. The van der Waals surface area contributed by atoms with E-state index < -0.39 is 0 Å². The molecule has 2 aromatic rings. The molecule has 0 fully saturated rings. The van der Waals surface area contributed by atoms with E-state index in [1.165, 1.54) is 5.69 Å². The Hall–Kier alpha value is -2.15. The number of nitrogens with zero attached hydrogens (tertiary/aromatic N) is 4. The molecule has 2 aromatic heterocycles. The van der Waals surface area contributed by atoms with Crippen LogP contribution in [-0.4, -0.2) is 43.8 Å². The number of imidazole rings is 1. The van der Waals surface area contributed by atoms with Crippen molar-refractivity contribution in [2.45, 2.75) is 73.5 Å². The molecule has 7 nitrogen and oxygen atoms in total. The van der Waals surface area contributed by atoms with Gasteiger partial charge in [-0.25, -0.2) is 9.78 Å². The number of hydrogen-bond donors (Lipinski definition) is 1. The van der Waals surface area contributed by atoms with Crippen LogP contribution in [-0.2, 0) is 37.2 Å². The fraction of sp³-hybridized carbons (Fsp3) is 0.667. The molecule has 0 saturated carbocycles. The molecule has 0 radical (unpaired) electrons. The van der Waals surface area contributed by atoms with Crippen LogP contribution < -0.4 is 0 Å². The predicted octanol–water partition coefficient (Wildman–Crippen LogP) is 3.26. The molecule has 3 rings (SSSR count). The Labute approximate surface area is 167 Å². The Kier molecular flexibility index (Phi) is 6.54. The van der Waals surface area contributed by atoms with Gasteiger partial charge in [0.25, 0.3) is 0 Å². The fourth-order valence-corrected chi connectivity index (χ4v) is 3.71. The van der Waals surface area contributed by atoms with Gasteiger partial charge in [0.2, 0.25) is 0 Å². The topological polar surface area (TPSA) is 76.0 Å². The van der Waals surface area contributed by atoms with E-state index in [9.17, 15) is 4.79 Å². The number of aryl methyl sites for hydroxylation is 3. The molecule has 0 spiro atoms. The van der Waals surface area contributed by atoms with Crippen molar-refractivity contribution in [3.63, 3.8) is 0 Å². The van der Waals surface area contributed by atoms with Gasteiger partial charge < -0.3 is 9.72 Å². The van der Waals surface area contributed by atoms with E-state index in [1.54, 1.807) is 0 Å². The first-order chi connectivity index (χ1) is 13.4. The Morgan fingerprint density at radius 3 is 2.75 bits per heavy atom. The molecule has 0 bridgehead atoms. The van der Waals surface area contributed by atoms with E-state index in [0.717, 1.165) is 61.7 Å². The van der Waals surface area contributed by atoms with Gasteiger partial charge in [-0.2, -0.15) is 5.10 Å². The van der Waals surface area contributed by atoms with Crippen LogP contribution in [0.4, 0.5) is 0 Å². The average molecular weight is 388 g/mol. The van der Waals surface area contributed by atoms with Crippen molar-refractivity contribution < 1.29 is 9.53 Å². The zero-order valence-electron chi connectivity index (χ0n) is 17.8. The van der Waals surface area contributed by atoms with Gasteiger partial charge >= 0.3 is 5.97 Å². The molecule has 154 valence electrons. The van der Waals surface area contributed by atoms with E-state index in [0.29, 0.717) is 24.8 Å². The summed E-state index contributed by atoms with van der Waals surface area (Å²) in [5.74, 6) is 1.31. The summed E-state index contributed by atoms with van der Waals surface area (Å²) in [5.41, 5.74) is 4.91. The van der Waals surface area contributed by atoms with Crippen LogP contribution in [0.2, 0.25) is 0 Å². The SMILES string of the molecule is CCOC(=O)c1nn(CCC(C)C)c2c1CN(Cc1nc(CC)[nH]c1C)CC2. The molecule has 0 unspecified atom stereocenters. The molecule has 0 atom stereocenters. The lowest BCUT2D eigenvalue weighted by Gasteiger charge is -2.27. The highest BCUT2D eigenvalue weighted by Gasteiger charge is 2.29. The summed E-state index contributed by atoms with van der Waals surface area (Å²) in [6.45, 7) is 14.1. The van der Waals surface area contributed by atoms with E-state index in [1.807, 2.05) is 11.6 Å². The number of fused-ring (bicyclic) bond motifs is 1. The highest BCUT2D eigenvalue weighted by Crippen LogP contribution is 2.25. The number of nitrogens with one attached hydrogen (secondary N) is 1. The zero-order chi connectivity index (χ0) is 20.3. The van der Waals surface area contributed by atoms with Crippen LogP contribution in [0.1, 0.15) is 73.1 Å². The first-order valence-corrected chi connectivity index (χ1v) is 10.4. The number of rotatable bonds is 8. The van der Waals surface area contributed by atoms with Crippen LogP contribution in [0.15, 0.2) is 0 Å². The maximum absolute atomic E-state index is 12.5. The highest BCUT2D eigenvalue weighted by molar-refractivity contribution is 5.89. The molecule has 28 heavy (non-hydrogen) atoms. The second-order valence-electron chi connectivity index (χ2n) is 7.97. The van der Waals surface area contributed by atoms with Crippen molar-refractivity contribution in [3.05, 3.63) is 34.2 Å². The average Bonchev–Trinajstić information content (AvgIpc) is 3.20. The first kappa shape index (κ1) is 20.6. The van der Waals surface area contributed by atoms with Gasteiger partial charge in [-0.05, 0) is 26.2 Å². The first-order valence-electron chi connectivity index (χ1n) is 10.4. The van der Waals surface area contributed by atoms with Gasteiger partial charge in [-0.3, -0.25) is 9.58 Å². The van der Waals surface area contributed by atoms with Gasteiger partial charge in [-0.1, -0.05) is 20.8 Å². The minimum atomic E-state index is -0.312. The normalized spacial score (nSPS) is 14.5. The summed E-state index contributed by atoms with van der Waals surface area (Å²) in [5, 5.41) is 4.65. The lowest BCUT2D eigenvalue weighted by molar-refractivity contribution is 0.0515. The highest BCUT2D eigenvalue weighted by atomic mass is 16.5. The molecule has 1 aliphatic rings. The minimum Gasteiger partial charge on any atom is -0.461 e. The molecule has 0 amide bonds. The molecule has 1 N–H and O–H groups in total. The number of ether oxygens (including phenoxy) is 1. The van der Waals surface area contributed by atoms with Crippen molar-refractivity contribution in [2.75, 3.05) is 13.2 Å². The van der Waals surface area contributed by atoms with Crippen molar-refractivity contribution in [1.82, 2.24) is 24.6 Å².